The van der Waals surface area contributed by atoms with Crippen LogP contribution in [0.3, 0.4) is 0 Å². The van der Waals surface area contributed by atoms with Crippen molar-refractivity contribution in [1.82, 2.24) is 5.32 Å². The van der Waals surface area contributed by atoms with Gasteiger partial charge >= 0.3 is 5.97 Å². The van der Waals surface area contributed by atoms with Gasteiger partial charge in [-0.05, 0) is 37.0 Å². The predicted molar refractivity (Wildman–Crippen MR) is 81.0 cm³/mol. The molecule has 1 aliphatic carbocycles. The van der Waals surface area contributed by atoms with Crippen molar-refractivity contribution < 1.29 is 18.7 Å². The molecule has 0 aliphatic heterocycles. The fourth-order valence-electron chi connectivity index (χ4n) is 2.74. The molecule has 0 unspecified atom stereocenters. The molecule has 2 rings (SSSR count). The number of esters is 1. The summed E-state index contributed by atoms with van der Waals surface area (Å²) < 4.78 is 18.5. The van der Waals surface area contributed by atoms with Gasteiger partial charge in [0.2, 0.25) is 0 Å². The van der Waals surface area contributed by atoms with Gasteiger partial charge < -0.3 is 10.1 Å². The maximum atomic E-state index is 13.7. The van der Waals surface area contributed by atoms with Crippen LogP contribution in [0.2, 0.25) is 0 Å². The van der Waals surface area contributed by atoms with Gasteiger partial charge in [0.05, 0.1) is 17.2 Å². The number of carbonyl (C=O) groups is 2. The Morgan fingerprint density at radius 2 is 2.13 bits per heavy atom. The number of ether oxygens (including phenoxy) is 1. The molecule has 0 heterocycles. The van der Waals surface area contributed by atoms with E-state index in [0.717, 1.165) is 25.3 Å². The van der Waals surface area contributed by atoms with E-state index in [1.54, 1.807) is 6.07 Å². The van der Waals surface area contributed by atoms with E-state index in [2.05, 4.69) is 12.2 Å². The van der Waals surface area contributed by atoms with Crippen LogP contribution in [-0.2, 0) is 9.53 Å². The topological polar surface area (TPSA) is 79.2 Å². The van der Waals surface area contributed by atoms with Gasteiger partial charge in [0.15, 0.2) is 6.61 Å². The second kappa shape index (κ2) is 7.73. The molecule has 0 bridgehead atoms. The highest BCUT2D eigenvalue weighted by atomic mass is 19.1. The van der Waals surface area contributed by atoms with Gasteiger partial charge in [-0.2, -0.15) is 5.26 Å². The monoisotopic (exact) mass is 318 g/mol. The summed E-state index contributed by atoms with van der Waals surface area (Å²) >= 11 is 0. The van der Waals surface area contributed by atoms with Crippen LogP contribution >= 0.6 is 0 Å². The zero-order valence-corrected chi connectivity index (χ0v) is 13.0. The highest BCUT2D eigenvalue weighted by Gasteiger charge is 2.23. The van der Waals surface area contributed by atoms with Crippen molar-refractivity contribution in [3.63, 3.8) is 0 Å². The SMILES string of the molecule is C[C@H]1CCCC[C@@H]1NC(=O)COC(=O)c1ccc(C#N)cc1F. The molecule has 1 aromatic rings. The number of nitrogens with zero attached hydrogens (tertiary/aromatic N) is 1. The number of hydrogen-bond donors (Lipinski definition) is 1. The van der Waals surface area contributed by atoms with Crippen LogP contribution in [0.15, 0.2) is 18.2 Å². The number of hydrogen-bond acceptors (Lipinski definition) is 4. The van der Waals surface area contributed by atoms with E-state index in [1.165, 1.54) is 18.6 Å². The van der Waals surface area contributed by atoms with Crippen molar-refractivity contribution >= 4 is 11.9 Å². The van der Waals surface area contributed by atoms with Crippen LogP contribution in [0.1, 0.15) is 48.5 Å². The van der Waals surface area contributed by atoms with Crippen molar-refractivity contribution in [3.05, 3.63) is 35.1 Å². The first kappa shape index (κ1) is 16.9. The average molecular weight is 318 g/mol. The third-order valence-corrected chi connectivity index (χ3v) is 4.11. The molecule has 23 heavy (non-hydrogen) atoms. The van der Waals surface area contributed by atoms with Crippen molar-refractivity contribution in [1.29, 1.82) is 5.26 Å². The molecular weight excluding hydrogens is 299 g/mol. The van der Waals surface area contributed by atoms with E-state index in [-0.39, 0.29) is 23.1 Å². The lowest BCUT2D eigenvalue weighted by atomic mass is 9.86. The third-order valence-electron chi connectivity index (χ3n) is 4.11. The molecular formula is C17H19FN2O3. The van der Waals surface area contributed by atoms with Gasteiger partial charge in [0.1, 0.15) is 5.82 Å². The number of amides is 1. The Kier molecular flexibility index (Phi) is 5.69. The predicted octanol–water partition coefficient (Wildman–Crippen LogP) is 2.55. The van der Waals surface area contributed by atoms with Crippen LogP contribution in [0.4, 0.5) is 4.39 Å². The molecule has 1 aromatic carbocycles. The van der Waals surface area contributed by atoms with Crippen LogP contribution in [0.25, 0.3) is 0 Å². The largest absolute Gasteiger partial charge is 0.452 e. The Bertz CT molecular complexity index is 639. The first-order valence-corrected chi connectivity index (χ1v) is 7.67. The second-order valence-electron chi connectivity index (χ2n) is 5.82. The molecule has 1 aliphatic rings. The van der Waals surface area contributed by atoms with E-state index >= 15 is 0 Å². The molecule has 1 N–H and O–H groups in total. The van der Waals surface area contributed by atoms with Crippen molar-refractivity contribution in [2.24, 2.45) is 5.92 Å². The number of benzene rings is 1. The minimum atomic E-state index is -0.918. The van der Waals surface area contributed by atoms with Gasteiger partial charge in [-0.15, -0.1) is 0 Å². The fraction of sp³-hybridized carbons (Fsp3) is 0.471. The lowest BCUT2D eigenvalue weighted by molar-refractivity contribution is -0.125. The zero-order valence-electron chi connectivity index (χ0n) is 13.0. The molecule has 1 fully saturated rings. The smallest absolute Gasteiger partial charge is 0.341 e. The van der Waals surface area contributed by atoms with Crippen molar-refractivity contribution in [3.8, 4) is 6.07 Å². The summed E-state index contributed by atoms with van der Waals surface area (Å²) in [6, 6.07) is 5.34. The molecule has 0 radical (unpaired) electrons. The first-order chi connectivity index (χ1) is 11.0. The van der Waals surface area contributed by atoms with E-state index in [1.807, 2.05) is 0 Å². The first-order valence-electron chi connectivity index (χ1n) is 7.67. The molecule has 122 valence electrons. The van der Waals surface area contributed by atoms with E-state index < -0.39 is 18.4 Å². The third kappa shape index (κ3) is 4.52. The lowest BCUT2D eigenvalue weighted by Gasteiger charge is -2.29. The zero-order chi connectivity index (χ0) is 16.8. The standard InChI is InChI=1S/C17H19FN2O3/c1-11-4-2-3-5-15(11)20-16(21)10-23-17(22)13-7-6-12(9-19)8-14(13)18/h6-8,11,15H,2-5,10H2,1H3,(H,20,21)/t11-,15-/m0/s1. The Morgan fingerprint density at radius 1 is 1.39 bits per heavy atom. The molecule has 0 saturated heterocycles. The summed E-state index contributed by atoms with van der Waals surface area (Å²) in [5.41, 5.74) is -0.175. The average Bonchev–Trinajstić information content (AvgIpc) is 2.54. The summed E-state index contributed by atoms with van der Waals surface area (Å²) in [6.07, 6.45) is 4.23. The molecule has 0 spiro atoms. The van der Waals surface area contributed by atoms with Crippen LogP contribution in [0.5, 0.6) is 0 Å². The molecule has 5 nitrogen and oxygen atoms in total. The maximum absolute atomic E-state index is 13.7. The van der Waals surface area contributed by atoms with E-state index in [4.69, 9.17) is 10.00 Å². The Balaban J connectivity index is 1.86. The molecule has 2 atom stereocenters. The summed E-state index contributed by atoms with van der Waals surface area (Å²) in [6.45, 7) is 1.64. The summed E-state index contributed by atoms with van der Waals surface area (Å²) in [5.74, 6) is -1.74. The Morgan fingerprint density at radius 3 is 2.78 bits per heavy atom. The number of carbonyl (C=O) groups excluding carboxylic acids is 2. The lowest BCUT2D eigenvalue weighted by Crippen LogP contribution is -2.42. The Labute approximate surface area is 134 Å². The van der Waals surface area contributed by atoms with E-state index in [0.29, 0.717) is 5.92 Å². The van der Waals surface area contributed by atoms with Gasteiger partial charge in [0.25, 0.3) is 5.91 Å². The van der Waals surface area contributed by atoms with Gasteiger partial charge in [-0.25, -0.2) is 9.18 Å². The normalized spacial score (nSPS) is 20.4. The van der Waals surface area contributed by atoms with Crippen molar-refractivity contribution in [2.75, 3.05) is 6.61 Å². The minimum Gasteiger partial charge on any atom is -0.452 e. The molecule has 1 amide bonds. The highest BCUT2D eigenvalue weighted by Crippen LogP contribution is 2.23. The van der Waals surface area contributed by atoms with Gasteiger partial charge in [-0.3, -0.25) is 4.79 Å². The number of nitriles is 1. The second-order valence-corrected chi connectivity index (χ2v) is 5.82. The molecule has 1 saturated carbocycles. The molecule has 0 aromatic heterocycles. The summed E-state index contributed by atoms with van der Waals surface area (Å²) in [4.78, 5) is 23.7. The summed E-state index contributed by atoms with van der Waals surface area (Å²) in [7, 11) is 0. The summed E-state index contributed by atoms with van der Waals surface area (Å²) in [5, 5.41) is 11.5. The fourth-order valence-corrected chi connectivity index (χ4v) is 2.74. The Hall–Kier alpha value is -2.42. The van der Waals surface area contributed by atoms with Gasteiger partial charge in [0, 0.05) is 6.04 Å². The van der Waals surface area contributed by atoms with Gasteiger partial charge in [-0.1, -0.05) is 19.8 Å². The number of halogens is 1. The number of nitrogens with one attached hydrogen (secondary N) is 1. The van der Waals surface area contributed by atoms with E-state index in [9.17, 15) is 14.0 Å². The minimum absolute atomic E-state index is 0.0987. The van der Waals surface area contributed by atoms with Crippen LogP contribution < -0.4 is 5.32 Å². The van der Waals surface area contributed by atoms with Crippen LogP contribution in [0, 0.1) is 23.1 Å². The quantitative estimate of drug-likeness (QED) is 0.865. The van der Waals surface area contributed by atoms with Crippen molar-refractivity contribution in [2.45, 2.75) is 38.6 Å². The molecule has 6 heteroatoms. The van der Waals surface area contributed by atoms with Crippen LogP contribution in [-0.4, -0.2) is 24.5 Å². The number of rotatable bonds is 4. The maximum Gasteiger partial charge on any atom is 0.341 e. The highest BCUT2D eigenvalue weighted by molar-refractivity contribution is 5.91.